The number of carboxylic acid groups (broad SMARTS) is 1. The van der Waals surface area contributed by atoms with Gasteiger partial charge in [0.15, 0.2) is 0 Å². The van der Waals surface area contributed by atoms with Crippen molar-refractivity contribution in [3.05, 3.63) is 30.2 Å². The van der Waals surface area contributed by atoms with Crippen LogP contribution in [0.3, 0.4) is 0 Å². The van der Waals surface area contributed by atoms with Crippen LogP contribution in [0.2, 0.25) is 0 Å². The fourth-order valence-electron chi connectivity index (χ4n) is 2.87. The lowest BCUT2D eigenvalue weighted by Crippen LogP contribution is -2.20. The predicted octanol–water partition coefficient (Wildman–Crippen LogP) is 4.09. The third kappa shape index (κ3) is 4.36. The second-order valence-electron chi connectivity index (χ2n) is 7.12. The molecule has 8 heteroatoms. The molecule has 6 nitrogen and oxygen atoms in total. The summed E-state index contributed by atoms with van der Waals surface area (Å²) in [4.78, 5) is 15.3. The van der Waals surface area contributed by atoms with Gasteiger partial charge < -0.3 is 10.8 Å². The largest absolute Gasteiger partial charge is 0.481 e. The molecule has 0 saturated heterocycles. The number of aromatic nitrogens is 3. The van der Waals surface area contributed by atoms with E-state index in [1.54, 1.807) is 25.3 Å². The lowest BCUT2D eigenvalue weighted by Gasteiger charge is -2.25. The van der Waals surface area contributed by atoms with Crippen molar-refractivity contribution in [1.82, 2.24) is 14.8 Å². The first-order valence-corrected chi connectivity index (χ1v) is 8.44. The lowest BCUT2D eigenvalue weighted by atomic mass is 9.82. The average molecular weight is 366 g/mol. The first-order chi connectivity index (χ1) is 12.1. The van der Waals surface area contributed by atoms with Crippen LogP contribution < -0.4 is 5.73 Å². The van der Waals surface area contributed by atoms with Crippen LogP contribution in [-0.2, 0) is 10.2 Å². The summed E-state index contributed by atoms with van der Waals surface area (Å²) in [7, 11) is 0. The van der Waals surface area contributed by atoms with Gasteiger partial charge in [-0.3, -0.25) is 9.78 Å². The zero-order chi connectivity index (χ0) is 19.5. The zero-order valence-electron chi connectivity index (χ0n) is 15.1. The number of hydrogen-bond donors (Lipinski definition) is 2. The normalized spacial score (nSPS) is 13.2. The minimum atomic E-state index is -2.79. The van der Waals surface area contributed by atoms with Crippen molar-refractivity contribution in [2.75, 3.05) is 5.73 Å². The highest BCUT2D eigenvalue weighted by Crippen LogP contribution is 2.34. The van der Waals surface area contributed by atoms with E-state index in [1.807, 2.05) is 13.8 Å². The molecule has 3 N–H and O–H groups in total. The molecule has 0 amide bonds. The Morgan fingerprint density at radius 1 is 1.42 bits per heavy atom. The van der Waals surface area contributed by atoms with Crippen molar-refractivity contribution in [1.29, 1.82) is 0 Å². The van der Waals surface area contributed by atoms with Crippen LogP contribution in [0, 0.1) is 5.92 Å². The molecule has 0 unspecified atom stereocenters. The predicted molar refractivity (Wildman–Crippen MR) is 94.8 cm³/mol. The van der Waals surface area contributed by atoms with Crippen molar-refractivity contribution >= 4 is 11.7 Å². The Hall–Kier alpha value is -2.51. The molecule has 0 spiro atoms. The number of pyridine rings is 1. The molecule has 2 heterocycles. The van der Waals surface area contributed by atoms with E-state index in [0.29, 0.717) is 16.7 Å². The minimum absolute atomic E-state index is 0.166. The molecule has 142 valence electrons. The molecule has 0 saturated carbocycles. The van der Waals surface area contributed by atoms with Gasteiger partial charge in [0.25, 0.3) is 0 Å². The first kappa shape index (κ1) is 19.8. The summed E-state index contributed by atoms with van der Waals surface area (Å²) in [6.07, 6.45) is 4.80. The van der Waals surface area contributed by atoms with Crippen molar-refractivity contribution in [3.8, 4) is 11.3 Å². The van der Waals surface area contributed by atoms with E-state index in [2.05, 4.69) is 10.1 Å². The number of nitrogens with two attached hydrogens (primary N) is 1. The Labute approximate surface area is 151 Å². The van der Waals surface area contributed by atoms with Gasteiger partial charge in [-0.1, -0.05) is 27.2 Å². The summed E-state index contributed by atoms with van der Waals surface area (Å²) in [6, 6.07) is 3.37. The fraction of sp³-hybridized carbons (Fsp3) is 0.500. The second kappa shape index (κ2) is 7.80. The Bertz CT molecular complexity index is 774. The average Bonchev–Trinajstić information content (AvgIpc) is 2.96. The van der Waals surface area contributed by atoms with Gasteiger partial charge >= 0.3 is 12.5 Å². The monoisotopic (exact) mass is 366 g/mol. The number of nitrogen functional groups attached to an aromatic ring is 1. The molecule has 0 radical (unpaired) electrons. The molecule has 0 fully saturated rings. The topological polar surface area (TPSA) is 94.0 Å². The zero-order valence-corrected chi connectivity index (χ0v) is 15.1. The number of aliphatic carboxylic acids is 1. The number of carbonyl (C=O) groups is 1. The molecule has 0 bridgehead atoms. The van der Waals surface area contributed by atoms with Crippen LogP contribution in [0.25, 0.3) is 11.3 Å². The van der Waals surface area contributed by atoms with Gasteiger partial charge in [0.1, 0.15) is 0 Å². The van der Waals surface area contributed by atoms with Gasteiger partial charge in [-0.05, 0) is 25.0 Å². The maximum Gasteiger partial charge on any atom is 0.333 e. The van der Waals surface area contributed by atoms with Gasteiger partial charge in [0.05, 0.1) is 23.5 Å². The Kier molecular flexibility index (Phi) is 5.94. The summed E-state index contributed by atoms with van der Waals surface area (Å²) < 4.78 is 26.9. The SMILES string of the molecule is C[C@H](CCCC(C)(C)c1cc(-c2c(N)cnn2C(F)F)ccn1)C(=O)O. The van der Waals surface area contributed by atoms with Gasteiger partial charge in [0, 0.05) is 22.9 Å². The standard InChI is InChI=1S/C18H24F2N4O2/c1-11(16(25)26)5-4-7-18(2,3)14-9-12(6-8-22-14)15-13(21)10-23-24(15)17(19)20/h6,8-11,17H,4-5,7,21H2,1-3H3,(H,25,26)/t11-/m1/s1. The molecule has 2 rings (SSSR count). The number of anilines is 1. The highest BCUT2D eigenvalue weighted by Gasteiger charge is 2.25. The van der Waals surface area contributed by atoms with Crippen molar-refractivity contribution in [2.45, 2.75) is 52.0 Å². The number of alkyl halides is 2. The molecule has 26 heavy (non-hydrogen) atoms. The second-order valence-corrected chi connectivity index (χ2v) is 7.12. The summed E-state index contributed by atoms with van der Waals surface area (Å²) in [5.74, 6) is -1.20. The molecule has 0 aliphatic carbocycles. The van der Waals surface area contributed by atoms with E-state index in [1.165, 1.54) is 6.20 Å². The maximum atomic E-state index is 13.1. The molecular formula is C18H24F2N4O2. The van der Waals surface area contributed by atoms with Gasteiger partial charge in [-0.2, -0.15) is 13.9 Å². The highest BCUT2D eigenvalue weighted by atomic mass is 19.3. The molecular weight excluding hydrogens is 342 g/mol. The van der Waals surface area contributed by atoms with Crippen molar-refractivity contribution in [3.63, 3.8) is 0 Å². The fourth-order valence-corrected chi connectivity index (χ4v) is 2.87. The molecule has 0 aromatic carbocycles. The lowest BCUT2D eigenvalue weighted by molar-refractivity contribution is -0.141. The van der Waals surface area contributed by atoms with Gasteiger partial charge in [0.2, 0.25) is 0 Å². The van der Waals surface area contributed by atoms with Crippen LogP contribution in [-0.4, -0.2) is 25.8 Å². The van der Waals surface area contributed by atoms with E-state index in [4.69, 9.17) is 10.8 Å². The molecule has 1 atom stereocenters. The molecule has 2 aromatic heterocycles. The van der Waals surface area contributed by atoms with E-state index in [-0.39, 0.29) is 16.8 Å². The van der Waals surface area contributed by atoms with E-state index in [0.717, 1.165) is 18.5 Å². The molecule has 0 aliphatic heterocycles. The van der Waals surface area contributed by atoms with Crippen LogP contribution in [0.15, 0.2) is 24.5 Å². The van der Waals surface area contributed by atoms with Crippen LogP contribution in [0.4, 0.5) is 14.5 Å². The van der Waals surface area contributed by atoms with Crippen LogP contribution in [0.5, 0.6) is 0 Å². The minimum Gasteiger partial charge on any atom is -0.481 e. The number of carboxylic acids is 1. The maximum absolute atomic E-state index is 13.1. The Morgan fingerprint density at radius 3 is 2.73 bits per heavy atom. The summed E-state index contributed by atoms with van der Waals surface area (Å²) >= 11 is 0. The first-order valence-electron chi connectivity index (χ1n) is 8.44. The number of hydrogen-bond acceptors (Lipinski definition) is 4. The van der Waals surface area contributed by atoms with E-state index in [9.17, 15) is 13.6 Å². The molecule has 0 aliphatic rings. The smallest absolute Gasteiger partial charge is 0.333 e. The van der Waals surface area contributed by atoms with Gasteiger partial charge in [-0.15, -0.1) is 0 Å². The quantitative estimate of drug-likeness (QED) is 0.734. The number of halogens is 2. The molecule has 2 aromatic rings. The third-order valence-corrected chi connectivity index (χ3v) is 4.60. The Balaban J connectivity index is 2.23. The number of nitrogens with zero attached hydrogens (tertiary/aromatic N) is 3. The summed E-state index contributed by atoms with van der Waals surface area (Å²) in [6.45, 7) is 2.89. The number of rotatable bonds is 8. The van der Waals surface area contributed by atoms with E-state index < -0.39 is 18.4 Å². The van der Waals surface area contributed by atoms with Crippen LogP contribution >= 0.6 is 0 Å². The van der Waals surface area contributed by atoms with Crippen molar-refractivity contribution < 1.29 is 18.7 Å². The Morgan fingerprint density at radius 2 is 2.12 bits per heavy atom. The van der Waals surface area contributed by atoms with E-state index >= 15 is 0 Å². The summed E-state index contributed by atoms with van der Waals surface area (Å²) in [5, 5.41) is 12.6. The van der Waals surface area contributed by atoms with Gasteiger partial charge in [-0.25, -0.2) is 4.68 Å². The highest BCUT2D eigenvalue weighted by molar-refractivity contribution is 5.72. The third-order valence-electron chi connectivity index (χ3n) is 4.60. The van der Waals surface area contributed by atoms with Crippen LogP contribution in [0.1, 0.15) is 52.3 Å². The van der Waals surface area contributed by atoms with Crippen molar-refractivity contribution in [2.24, 2.45) is 5.92 Å². The summed E-state index contributed by atoms with van der Waals surface area (Å²) in [5.41, 5.74) is 7.09.